The number of ether oxygens (including phenoxy) is 2. The molecule has 0 spiro atoms. The summed E-state index contributed by atoms with van der Waals surface area (Å²) >= 11 is 0. The number of aromatic nitrogens is 5. The van der Waals surface area contributed by atoms with Gasteiger partial charge in [-0.2, -0.15) is 15.0 Å². The lowest BCUT2D eigenvalue weighted by Gasteiger charge is -2.13. The fraction of sp³-hybridized carbons (Fsp3) is 0.0606. The molecule has 0 unspecified atom stereocenters. The van der Waals surface area contributed by atoms with Crippen LogP contribution in [0, 0.1) is 5.82 Å². The highest BCUT2D eigenvalue weighted by molar-refractivity contribution is 5.75. The first-order valence-corrected chi connectivity index (χ1v) is 13.8. The summed E-state index contributed by atoms with van der Waals surface area (Å²) in [7, 11) is 3.19. The zero-order chi connectivity index (χ0) is 31.2. The van der Waals surface area contributed by atoms with Crippen molar-refractivity contribution in [1.82, 2.24) is 24.9 Å². The number of hydrogen-bond donors (Lipinski definition) is 4. The molecule has 2 aromatic heterocycles. The molecule has 0 atom stereocenters. The standard InChI is InChI=1S/C33H28FN9O2/c1-44-25-16-17-29(45-2)26(18-25)28-19-27(39-30(35)40-28)20-8-12-23(13-9-20)37-32-41-31(36-22-6-4-3-5-7-22)42-33(43-32)38-24-14-10-21(34)11-15-24/h3-19H,1-2H3,(H2,35,39,40)(H3,36,37,38,41,42,43). The van der Waals surface area contributed by atoms with Gasteiger partial charge in [0.1, 0.15) is 17.3 Å². The van der Waals surface area contributed by atoms with E-state index >= 15 is 0 Å². The van der Waals surface area contributed by atoms with E-state index in [4.69, 9.17) is 15.2 Å². The summed E-state index contributed by atoms with van der Waals surface area (Å²) in [6, 6.07) is 30.3. The van der Waals surface area contributed by atoms with Gasteiger partial charge in [-0.3, -0.25) is 0 Å². The molecule has 6 aromatic rings. The average Bonchev–Trinajstić information content (AvgIpc) is 3.06. The topological polar surface area (TPSA) is 145 Å². The second-order valence-corrected chi connectivity index (χ2v) is 9.69. The van der Waals surface area contributed by atoms with E-state index in [9.17, 15) is 4.39 Å². The van der Waals surface area contributed by atoms with Crippen molar-refractivity contribution in [3.8, 4) is 34.0 Å². The van der Waals surface area contributed by atoms with Crippen LogP contribution < -0.4 is 31.2 Å². The smallest absolute Gasteiger partial charge is 0.233 e. The minimum Gasteiger partial charge on any atom is -0.497 e. The molecule has 5 N–H and O–H groups in total. The first-order chi connectivity index (χ1) is 21.9. The van der Waals surface area contributed by atoms with Crippen LogP contribution in [-0.2, 0) is 0 Å². The van der Waals surface area contributed by atoms with E-state index in [1.165, 1.54) is 12.1 Å². The van der Waals surface area contributed by atoms with Crippen LogP contribution in [0.2, 0.25) is 0 Å². The average molecular weight is 602 g/mol. The molecular formula is C33H28FN9O2. The molecule has 4 aromatic carbocycles. The van der Waals surface area contributed by atoms with Crippen LogP contribution in [0.25, 0.3) is 22.5 Å². The number of anilines is 7. The van der Waals surface area contributed by atoms with E-state index in [1.807, 2.05) is 78.9 Å². The predicted molar refractivity (Wildman–Crippen MR) is 173 cm³/mol. The molecule has 0 aliphatic carbocycles. The van der Waals surface area contributed by atoms with Crippen LogP contribution in [0.5, 0.6) is 11.5 Å². The fourth-order valence-corrected chi connectivity index (χ4v) is 4.48. The van der Waals surface area contributed by atoms with Gasteiger partial charge >= 0.3 is 0 Å². The molecule has 0 saturated carbocycles. The number of para-hydroxylation sites is 1. The Bertz CT molecular complexity index is 1920. The molecule has 45 heavy (non-hydrogen) atoms. The van der Waals surface area contributed by atoms with Crippen LogP contribution in [0.1, 0.15) is 0 Å². The Morgan fingerprint density at radius 1 is 0.578 bits per heavy atom. The maximum Gasteiger partial charge on any atom is 0.233 e. The van der Waals surface area contributed by atoms with Gasteiger partial charge < -0.3 is 31.2 Å². The van der Waals surface area contributed by atoms with Gasteiger partial charge in [0.05, 0.1) is 25.6 Å². The van der Waals surface area contributed by atoms with E-state index in [0.717, 1.165) is 22.5 Å². The normalized spacial score (nSPS) is 10.6. The minimum absolute atomic E-state index is 0.124. The highest BCUT2D eigenvalue weighted by atomic mass is 19.1. The number of rotatable bonds is 10. The molecule has 0 saturated heterocycles. The molecule has 0 aliphatic rings. The van der Waals surface area contributed by atoms with Gasteiger partial charge in [-0.15, -0.1) is 0 Å². The number of nitrogens with zero attached hydrogens (tertiary/aromatic N) is 5. The van der Waals surface area contributed by atoms with Gasteiger partial charge in [0.2, 0.25) is 23.8 Å². The first-order valence-electron chi connectivity index (χ1n) is 13.8. The van der Waals surface area contributed by atoms with Crippen LogP contribution in [0.15, 0.2) is 103 Å². The van der Waals surface area contributed by atoms with Crippen molar-refractivity contribution in [2.24, 2.45) is 0 Å². The van der Waals surface area contributed by atoms with Crippen molar-refractivity contribution in [2.75, 3.05) is 35.9 Å². The quantitative estimate of drug-likeness (QED) is 0.129. The van der Waals surface area contributed by atoms with Gasteiger partial charge in [-0.1, -0.05) is 30.3 Å². The number of hydrogen-bond acceptors (Lipinski definition) is 11. The van der Waals surface area contributed by atoms with Crippen molar-refractivity contribution >= 4 is 40.9 Å². The molecule has 0 radical (unpaired) electrons. The maximum atomic E-state index is 13.4. The van der Waals surface area contributed by atoms with Crippen molar-refractivity contribution in [3.05, 3.63) is 109 Å². The van der Waals surface area contributed by atoms with E-state index in [-0.39, 0.29) is 17.7 Å². The number of nitrogens with two attached hydrogens (primary N) is 1. The second kappa shape index (κ2) is 12.9. The molecule has 11 nitrogen and oxygen atoms in total. The molecular weight excluding hydrogens is 573 g/mol. The first kappa shape index (κ1) is 28.8. The highest BCUT2D eigenvalue weighted by Crippen LogP contribution is 2.34. The second-order valence-electron chi connectivity index (χ2n) is 9.69. The Labute approximate surface area is 258 Å². The molecule has 6 rings (SSSR count). The summed E-state index contributed by atoms with van der Waals surface area (Å²) < 4.78 is 24.4. The molecule has 0 amide bonds. The number of nitrogen functional groups attached to an aromatic ring is 1. The van der Waals surface area contributed by atoms with Gasteiger partial charge in [-0.25, -0.2) is 14.4 Å². The molecule has 2 heterocycles. The van der Waals surface area contributed by atoms with Crippen LogP contribution >= 0.6 is 0 Å². The van der Waals surface area contributed by atoms with Gasteiger partial charge in [0.15, 0.2) is 0 Å². The fourth-order valence-electron chi connectivity index (χ4n) is 4.48. The lowest BCUT2D eigenvalue weighted by Crippen LogP contribution is -2.07. The summed E-state index contributed by atoms with van der Waals surface area (Å²) in [6.45, 7) is 0. The summed E-state index contributed by atoms with van der Waals surface area (Å²) in [6.07, 6.45) is 0. The third-order valence-corrected chi connectivity index (χ3v) is 6.63. The lowest BCUT2D eigenvalue weighted by atomic mass is 10.1. The Kier molecular flexibility index (Phi) is 8.27. The Morgan fingerprint density at radius 2 is 1.13 bits per heavy atom. The zero-order valence-electron chi connectivity index (χ0n) is 24.3. The molecule has 12 heteroatoms. The third kappa shape index (κ3) is 7.03. The minimum atomic E-state index is -0.339. The van der Waals surface area contributed by atoms with Crippen LogP contribution in [-0.4, -0.2) is 39.1 Å². The number of halogens is 1. The van der Waals surface area contributed by atoms with E-state index < -0.39 is 0 Å². The van der Waals surface area contributed by atoms with E-state index in [2.05, 4.69) is 40.9 Å². The number of benzene rings is 4. The van der Waals surface area contributed by atoms with Crippen molar-refractivity contribution < 1.29 is 13.9 Å². The summed E-state index contributed by atoms with van der Waals surface area (Å²) in [5.41, 5.74) is 11.0. The van der Waals surface area contributed by atoms with E-state index in [0.29, 0.717) is 40.5 Å². The summed E-state index contributed by atoms with van der Waals surface area (Å²) in [5.74, 6) is 1.96. The van der Waals surface area contributed by atoms with Gasteiger partial charge in [-0.05, 0) is 72.8 Å². The van der Waals surface area contributed by atoms with Crippen molar-refractivity contribution in [3.63, 3.8) is 0 Å². The summed E-state index contributed by atoms with van der Waals surface area (Å²) in [5, 5.41) is 9.52. The number of nitrogens with one attached hydrogen (secondary N) is 3. The Morgan fingerprint density at radius 3 is 1.71 bits per heavy atom. The highest BCUT2D eigenvalue weighted by Gasteiger charge is 2.14. The van der Waals surface area contributed by atoms with Gasteiger partial charge in [0, 0.05) is 28.2 Å². The van der Waals surface area contributed by atoms with Crippen molar-refractivity contribution in [1.29, 1.82) is 0 Å². The molecule has 0 bridgehead atoms. The monoisotopic (exact) mass is 601 g/mol. The van der Waals surface area contributed by atoms with Crippen molar-refractivity contribution in [2.45, 2.75) is 0 Å². The molecule has 224 valence electrons. The van der Waals surface area contributed by atoms with Crippen LogP contribution in [0.3, 0.4) is 0 Å². The Hall–Kier alpha value is -6.30. The Balaban J connectivity index is 1.27. The van der Waals surface area contributed by atoms with E-state index in [1.54, 1.807) is 26.4 Å². The van der Waals surface area contributed by atoms with Crippen LogP contribution in [0.4, 0.5) is 45.2 Å². The number of methoxy groups -OCH3 is 2. The SMILES string of the molecule is COc1ccc(OC)c(-c2cc(-c3ccc(Nc4nc(Nc5ccccc5)nc(Nc5ccc(F)cc5)n4)cc3)nc(N)n2)c1. The maximum absolute atomic E-state index is 13.4. The third-order valence-electron chi connectivity index (χ3n) is 6.63. The predicted octanol–water partition coefficient (Wildman–Crippen LogP) is 6.96. The molecule has 0 aliphatic heterocycles. The largest absolute Gasteiger partial charge is 0.497 e. The summed E-state index contributed by atoms with van der Waals surface area (Å²) in [4.78, 5) is 22.4. The van der Waals surface area contributed by atoms with Gasteiger partial charge in [0.25, 0.3) is 0 Å². The zero-order valence-corrected chi connectivity index (χ0v) is 24.3. The lowest BCUT2D eigenvalue weighted by molar-refractivity contribution is 0.404. The molecule has 0 fully saturated rings.